The second kappa shape index (κ2) is 8.72. The summed E-state index contributed by atoms with van der Waals surface area (Å²) in [7, 11) is 2.77. The first-order valence-corrected chi connectivity index (χ1v) is 12.9. The van der Waals surface area contributed by atoms with Crippen molar-refractivity contribution >= 4 is 33.1 Å². The van der Waals surface area contributed by atoms with Gasteiger partial charge in [-0.25, -0.2) is 0 Å². The third kappa shape index (κ3) is 3.96. The highest BCUT2D eigenvalue weighted by Crippen LogP contribution is 2.67. The molecule has 2 aromatic heterocycles. The Labute approximate surface area is 232 Å². The number of fused-ring (bicyclic) bond motifs is 2. The van der Waals surface area contributed by atoms with E-state index in [1.54, 1.807) is 41.5 Å². The molecule has 2 heterocycles. The molecule has 0 unspecified atom stereocenters. The molecule has 0 saturated carbocycles. The number of methoxy groups -OCH3 is 2. The second-order valence-corrected chi connectivity index (χ2v) is 12.3. The van der Waals surface area contributed by atoms with Crippen molar-refractivity contribution in [1.82, 2.24) is 0 Å². The van der Waals surface area contributed by atoms with E-state index >= 15 is 26.3 Å². The number of hydrogen-bond donors (Lipinski definition) is 0. The molecule has 0 fully saturated rings. The summed E-state index contributed by atoms with van der Waals surface area (Å²) in [6, 6.07) is 8.35. The quantitative estimate of drug-likeness (QED) is 0.226. The fourth-order valence-corrected chi connectivity index (χ4v) is 5.35. The molecule has 0 amide bonds. The molecule has 1 aliphatic carbocycles. The Bertz CT molecular complexity index is 1590. The number of allylic oxidation sites excluding steroid dienone is 2. The molecule has 220 valence electrons. The van der Waals surface area contributed by atoms with Gasteiger partial charge in [0, 0.05) is 56.0 Å². The number of benzene rings is 2. The molecule has 1 aliphatic rings. The lowest BCUT2D eigenvalue weighted by Gasteiger charge is -2.26. The van der Waals surface area contributed by atoms with Gasteiger partial charge in [0.25, 0.3) is 0 Å². The van der Waals surface area contributed by atoms with Crippen LogP contribution in [0.3, 0.4) is 0 Å². The highest BCUT2D eigenvalue weighted by atomic mass is 19.3. The van der Waals surface area contributed by atoms with Gasteiger partial charge in [-0.15, -0.1) is 0 Å². The Morgan fingerprint density at radius 2 is 0.927 bits per heavy atom. The predicted molar refractivity (Wildman–Crippen MR) is 145 cm³/mol. The highest BCUT2D eigenvalue weighted by molar-refractivity contribution is 6.12. The number of alkyl halides is 6. The van der Waals surface area contributed by atoms with Gasteiger partial charge in [0.1, 0.15) is 34.2 Å². The molecule has 10 heteroatoms. The van der Waals surface area contributed by atoms with E-state index in [2.05, 4.69) is 0 Å². The van der Waals surface area contributed by atoms with E-state index < -0.39 is 50.9 Å². The number of ether oxygens (including phenoxy) is 2. The molecule has 0 bridgehead atoms. The van der Waals surface area contributed by atoms with Crippen LogP contribution in [0.2, 0.25) is 0 Å². The van der Waals surface area contributed by atoms with E-state index in [9.17, 15) is 0 Å². The van der Waals surface area contributed by atoms with Crippen molar-refractivity contribution in [3.8, 4) is 11.5 Å². The zero-order valence-corrected chi connectivity index (χ0v) is 23.9. The molecule has 4 aromatic rings. The van der Waals surface area contributed by atoms with Crippen molar-refractivity contribution in [3.63, 3.8) is 0 Å². The summed E-state index contributed by atoms with van der Waals surface area (Å²) < 4.78 is 117. The van der Waals surface area contributed by atoms with Crippen molar-refractivity contribution in [2.24, 2.45) is 0 Å². The van der Waals surface area contributed by atoms with E-state index in [4.69, 9.17) is 18.3 Å². The monoisotopic (exact) mass is 580 g/mol. The molecule has 0 spiro atoms. The number of rotatable bonds is 4. The minimum atomic E-state index is -5.76. The molecule has 0 atom stereocenters. The third-order valence-electron chi connectivity index (χ3n) is 7.32. The van der Waals surface area contributed by atoms with Crippen LogP contribution in [-0.4, -0.2) is 32.0 Å². The molecular weight excluding hydrogens is 550 g/mol. The summed E-state index contributed by atoms with van der Waals surface area (Å²) >= 11 is 0. The molecule has 41 heavy (non-hydrogen) atoms. The predicted octanol–water partition coefficient (Wildman–Crippen LogP) is 9.62. The van der Waals surface area contributed by atoms with Gasteiger partial charge in [-0.3, -0.25) is 0 Å². The first kappa shape index (κ1) is 29.0. The van der Waals surface area contributed by atoms with Crippen LogP contribution in [0.4, 0.5) is 26.3 Å². The number of halogens is 6. The Balaban J connectivity index is 2.05. The first-order chi connectivity index (χ1) is 18.8. The van der Waals surface area contributed by atoms with Crippen molar-refractivity contribution in [3.05, 3.63) is 59.0 Å². The van der Waals surface area contributed by atoms with Gasteiger partial charge < -0.3 is 18.3 Å². The Kier molecular flexibility index (Phi) is 6.16. The van der Waals surface area contributed by atoms with Gasteiger partial charge in [0.05, 0.1) is 14.2 Å². The van der Waals surface area contributed by atoms with Gasteiger partial charge in [0.15, 0.2) is 0 Å². The van der Waals surface area contributed by atoms with Crippen LogP contribution in [0, 0.1) is 0 Å². The molecule has 4 nitrogen and oxygen atoms in total. The SMILES string of the molecule is COc1ccc2c(C3=C(c4c(C(C)(C)C)oc5cc(OC)ccc45)C(F)(F)C(F)(F)C3(F)F)c(C(C)(C)C)oc2c1. The van der Waals surface area contributed by atoms with E-state index in [0.29, 0.717) is 11.5 Å². The molecule has 0 radical (unpaired) electrons. The molecule has 0 aliphatic heterocycles. The van der Waals surface area contributed by atoms with Crippen LogP contribution in [0.15, 0.2) is 45.2 Å². The van der Waals surface area contributed by atoms with Gasteiger partial charge >= 0.3 is 17.8 Å². The average molecular weight is 581 g/mol. The summed E-state index contributed by atoms with van der Waals surface area (Å²) in [5.41, 5.74) is -6.02. The van der Waals surface area contributed by atoms with E-state index in [1.165, 1.54) is 50.6 Å². The number of hydrogen-bond acceptors (Lipinski definition) is 4. The fourth-order valence-electron chi connectivity index (χ4n) is 5.35. The minimum Gasteiger partial charge on any atom is -0.497 e. The number of furan rings is 2. The summed E-state index contributed by atoms with van der Waals surface area (Å²) in [5.74, 6) is -16.0. The van der Waals surface area contributed by atoms with Gasteiger partial charge in [0.2, 0.25) is 0 Å². The lowest BCUT2D eigenvalue weighted by molar-refractivity contribution is -0.254. The lowest BCUT2D eigenvalue weighted by Crippen LogP contribution is -2.49. The molecular formula is C31H30F6O4. The van der Waals surface area contributed by atoms with Crippen LogP contribution in [-0.2, 0) is 10.8 Å². The minimum absolute atomic E-state index is 0.0248. The van der Waals surface area contributed by atoms with Crippen LogP contribution in [0.5, 0.6) is 11.5 Å². The summed E-state index contributed by atoms with van der Waals surface area (Å²) in [4.78, 5) is 0. The Hall–Kier alpha value is -3.56. The highest BCUT2D eigenvalue weighted by Gasteiger charge is 2.81. The maximum absolute atomic E-state index is 16.1. The lowest BCUT2D eigenvalue weighted by atomic mass is 9.82. The van der Waals surface area contributed by atoms with Crippen molar-refractivity contribution in [1.29, 1.82) is 0 Å². The van der Waals surface area contributed by atoms with Gasteiger partial charge in [-0.1, -0.05) is 41.5 Å². The van der Waals surface area contributed by atoms with Crippen LogP contribution in [0.25, 0.3) is 33.1 Å². The topological polar surface area (TPSA) is 44.7 Å². The summed E-state index contributed by atoms with van der Waals surface area (Å²) in [6.45, 7) is 9.72. The van der Waals surface area contributed by atoms with Crippen molar-refractivity contribution < 1.29 is 44.7 Å². The summed E-state index contributed by atoms with van der Waals surface area (Å²) in [6.07, 6.45) is 0. The van der Waals surface area contributed by atoms with Crippen LogP contribution >= 0.6 is 0 Å². The molecule has 2 aromatic carbocycles. The normalized spacial score (nSPS) is 18.5. The average Bonchev–Trinajstić information content (AvgIpc) is 3.46. The molecule has 0 N–H and O–H groups in total. The van der Waals surface area contributed by atoms with Crippen molar-refractivity contribution in [2.75, 3.05) is 14.2 Å². The standard InChI is InChI=1S/C31H30F6O4/c1-27(2,3)25-21(17-11-9-15(38-7)13-19(17)40-25)23-24(30(34,35)31(36,37)29(23,32)33)22-18-12-10-16(39-8)14-20(18)41-26(22)28(4,5)6/h9-14H,1-8H3. The van der Waals surface area contributed by atoms with Crippen molar-refractivity contribution in [2.45, 2.75) is 70.1 Å². The third-order valence-corrected chi connectivity index (χ3v) is 7.32. The Morgan fingerprint density at radius 1 is 0.585 bits per heavy atom. The smallest absolute Gasteiger partial charge is 0.380 e. The van der Waals surface area contributed by atoms with Crippen LogP contribution in [0.1, 0.15) is 64.2 Å². The fraction of sp³-hybridized carbons (Fsp3) is 0.419. The van der Waals surface area contributed by atoms with E-state index in [1.807, 2.05) is 0 Å². The van der Waals surface area contributed by atoms with Gasteiger partial charge in [-0.05, 0) is 24.3 Å². The van der Waals surface area contributed by atoms with Crippen LogP contribution < -0.4 is 9.47 Å². The zero-order chi connectivity index (χ0) is 30.5. The maximum atomic E-state index is 16.1. The van der Waals surface area contributed by atoms with Gasteiger partial charge in [-0.2, -0.15) is 26.3 Å². The van der Waals surface area contributed by atoms with E-state index in [0.717, 1.165) is 0 Å². The summed E-state index contributed by atoms with van der Waals surface area (Å²) in [5, 5.41) is -0.0497. The zero-order valence-electron chi connectivity index (χ0n) is 23.9. The second-order valence-electron chi connectivity index (χ2n) is 12.3. The molecule has 5 rings (SSSR count). The maximum Gasteiger partial charge on any atom is 0.380 e. The first-order valence-electron chi connectivity index (χ1n) is 12.9. The Morgan fingerprint density at radius 3 is 1.22 bits per heavy atom. The largest absolute Gasteiger partial charge is 0.497 e. The molecule has 0 saturated heterocycles. The van der Waals surface area contributed by atoms with E-state index in [-0.39, 0.29) is 33.5 Å².